The van der Waals surface area contributed by atoms with Gasteiger partial charge in [-0.3, -0.25) is 5.43 Å². The third-order valence-corrected chi connectivity index (χ3v) is 3.80. The number of nitrogens with one attached hydrogen (secondary N) is 1. The first-order valence-corrected chi connectivity index (χ1v) is 7.13. The second-order valence-corrected chi connectivity index (χ2v) is 5.10. The Balaban J connectivity index is 1.82. The zero-order chi connectivity index (χ0) is 14.7. The highest BCUT2D eigenvalue weighted by Gasteiger charge is 2.26. The van der Waals surface area contributed by atoms with Crippen LogP contribution < -0.4 is 21.1 Å². The molecule has 2 saturated heterocycles. The van der Waals surface area contributed by atoms with Crippen LogP contribution >= 0.6 is 0 Å². The number of morpholine rings is 1. The molecule has 9 nitrogen and oxygen atoms in total. The van der Waals surface area contributed by atoms with Crippen molar-refractivity contribution < 1.29 is 9.47 Å². The molecule has 0 aromatic carbocycles. The van der Waals surface area contributed by atoms with Crippen molar-refractivity contribution in [1.29, 1.82) is 0 Å². The number of anilines is 3. The minimum Gasteiger partial charge on any atom is -0.380 e. The summed E-state index contributed by atoms with van der Waals surface area (Å²) < 4.78 is 10.7. The summed E-state index contributed by atoms with van der Waals surface area (Å²) in [6, 6.07) is 0. The SMILES string of the molecule is COC1CCN(c2nc(NN)nc(N3CCOCC3)n2)C1. The average Bonchev–Trinajstić information content (AvgIpc) is 3.04. The fourth-order valence-electron chi connectivity index (χ4n) is 2.57. The fraction of sp³-hybridized carbons (Fsp3) is 0.750. The Morgan fingerprint density at radius 1 is 1.14 bits per heavy atom. The molecule has 0 bridgehead atoms. The van der Waals surface area contributed by atoms with Crippen molar-refractivity contribution in [2.75, 3.05) is 61.7 Å². The van der Waals surface area contributed by atoms with Gasteiger partial charge in [0.2, 0.25) is 17.8 Å². The van der Waals surface area contributed by atoms with Crippen LogP contribution in [0.15, 0.2) is 0 Å². The standard InChI is InChI=1S/C12H21N7O2/c1-20-9-2-3-19(8-9)12-15-10(17-13)14-11(16-12)18-4-6-21-7-5-18/h9H,2-8,13H2,1H3,(H,14,15,16,17). The lowest BCUT2D eigenvalue weighted by Gasteiger charge is -2.27. The van der Waals surface area contributed by atoms with Gasteiger partial charge in [0.15, 0.2) is 0 Å². The van der Waals surface area contributed by atoms with Crippen molar-refractivity contribution >= 4 is 17.8 Å². The maximum atomic E-state index is 5.48. The molecule has 2 fully saturated rings. The second kappa shape index (κ2) is 6.37. The highest BCUT2D eigenvalue weighted by Crippen LogP contribution is 2.21. The van der Waals surface area contributed by atoms with Crippen LogP contribution in [0.2, 0.25) is 0 Å². The predicted octanol–water partition coefficient (Wildman–Crippen LogP) is -0.781. The molecule has 9 heteroatoms. The molecule has 3 rings (SSSR count). The third-order valence-electron chi connectivity index (χ3n) is 3.80. The van der Waals surface area contributed by atoms with Crippen molar-refractivity contribution in [3.05, 3.63) is 0 Å². The monoisotopic (exact) mass is 295 g/mol. The molecule has 0 saturated carbocycles. The highest BCUT2D eigenvalue weighted by atomic mass is 16.5. The van der Waals surface area contributed by atoms with Gasteiger partial charge in [-0.05, 0) is 6.42 Å². The maximum absolute atomic E-state index is 5.48. The zero-order valence-corrected chi connectivity index (χ0v) is 12.2. The zero-order valence-electron chi connectivity index (χ0n) is 12.2. The Morgan fingerprint density at radius 2 is 1.86 bits per heavy atom. The minimum absolute atomic E-state index is 0.225. The van der Waals surface area contributed by atoms with Crippen molar-refractivity contribution in [2.24, 2.45) is 5.84 Å². The smallest absolute Gasteiger partial charge is 0.243 e. The van der Waals surface area contributed by atoms with Crippen LogP contribution in [0, 0.1) is 0 Å². The minimum atomic E-state index is 0.225. The molecule has 0 amide bonds. The van der Waals surface area contributed by atoms with E-state index < -0.39 is 0 Å². The predicted molar refractivity (Wildman–Crippen MR) is 78.3 cm³/mol. The Hall–Kier alpha value is -1.71. The quantitative estimate of drug-likeness (QED) is 0.547. The van der Waals surface area contributed by atoms with E-state index in [1.54, 1.807) is 7.11 Å². The largest absolute Gasteiger partial charge is 0.380 e. The van der Waals surface area contributed by atoms with Gasteiger partial charge in [0, 0.05) is 33.3 Å². The van der Waals surface area contributed by atoms with Crippen molar-refractivity contribution in [2.45, 2.75) is 12.5 Å². The van der Waals surface area contributed by atoms with E-state index in [4.69, 9.17) is 15.3 Å². The van der Waals surface area contributed by atoms with Crippen molar-refractivity contribution in [3.8, 4) is 0 Å². The summed E-state index contributed by atoms with van der Waals surface area (Å²) in [4.78, 5) is 17.5. The number of aromatic nitrogens is 3. The number of hydrogen-bond acceptors (Lipinski definition) is 9. The highest BCUT2D eigenvalue weighted by molar-refractivity contribution is 5.45. The summed E-state index contributed by atoms with van der Waals surface area (Å²) in [6.45, 7) is 4.56. The van der Waals surface area contributed by atoms with E-state index in [9.17, 15) is 0 Å². The normalized spacial score (nSPS) is 22.7. The number of nitrogens with two attached hydrogens (primary N) is 1. The van der Waals surface area contributed by atoms with Gasteiger partial charge in [0.05, 0.1) is 19.3 Å². The van der Waals surface area contributed by atoms with Gasteiger partial charge in [-0.25, -0.2) is 5.84 Å². The Morgan fingerprint density at radius 3 is 2.48 bits per heavy atom. The number of nitrogen functional groups attached to an aromatic ring is 1. The van der Waals surface area contributed by atoms with Crippen molar-refractivity contribution in [3.63, 3.8) is 0 Å². The first-order valence-electron chi connectivity index (χ1n) is 7.13. The molecule has 1 aromatic rings. The number of ether oxygens (including phenoxy) is 2. The second-order valence-electron chi connectivity index (χ2n) is 5.10. The first-order chi connectivity index (χ1) is 10.3. The van der Waals surface area contributed by atoms with E-state index in [1.165, 1.54) is 0 Å². The molecule has 3 N–H and O–H groups in total. The van der Waals surface area contributed by atoms with Crippen LogP contribution in [0.4, 0.5) is 17.8 Å². The molecule has 3 heterocycles. The van der Waals surface area contributed by atoms with Crippen LogP contribution in [-0.4, -0.2) is 67.6 Å². The Bertz CT molecular complexity index is 481. The van der Waals surface area contributed by atoms with Gasteiger partial charge in [-0.2, -0.15) is 15.0 Å². The molecule has 21 heavy (non-hydrogen) atoms. The summed E-state index contributed by atoms with van der Waals surface area (Å²) in [5, 5.41) is 0. The van der Waals surface area contributed by atoms with Gasteiger partial charge >= 0.3 is 0 Å². The van der Waals surface area contributed by atoms with Gasteiger partial charge in [-0.15, -0.1) is 0 Å². The van der Waals surface area contributed by atoms with Crippen molar-refractivity contribution in [1.82, 2.24) is 15.0 Å². The molecular weight excluding hydrogens is 274 g/mol. The molecule has 116 valence electrons. The lowest BCUT2D eigenvalue weighted by atomic mass is 10.3. The van der Waals surface area contributed by atoms with Crippen LogP contribution in [0.5, 0.6) is 0 Å². The maximum Gasteiger partial charge on any atom is 0.243 e. The molecular formula is C12H21N7O2. The van der Waals surface area contributed by atoms with E-state index in [2.05, 4.69) is 30.2 Å². The Labute approximate surface area is 123 Å². The summed E-state index contributed by atoms with van der Waals surface area (Å²) >= 11 is 0. The molecule has 2 aliphatic rings. The van der Waals surface area contributed by atoms with E-state index in [-0.39, 0.29) is 6.10 Å². The number of nitrogens with zero attached hydrogens (tertiary/aromatic N) is 5. The lowest BCUT2D eigenvalue weighted by Crippen LogP contribution is -2.38. The summed E-state index contributed by atoms with van der Waals surface area (Å²) in [6.07, 6.45) is 1.20. The summed E-state index contributed by atoms with van der Waals surface area (Å²) in [7, 11) is 1.73. The molecule has 1 unspecified atom stereocenters. The number of rotatable bonds is 4. The van der Waals surface area contributed by atoms with E-state index >= 15 is 0 Å². The first kappa shape index (κ1) is 14.2. The van der Waals surface area contributed by atoms with Gasteiger partial charge in [0.1, 0.15) is 0 Å². The lowest BCUT2D eigenvalue weighted by molar-refractivity contribution is 0.121. The van der Waals surface area contributed by atoms with E-state index in [0.29, 0.717) is 31.1 Å². The van der Waals surface area contributed by atoms with Gasteiger partial charge < -0.3 is 19.3 Å². The topological polar surface area (TPSA) is 102 Å². The molecule has 1 aromatic heterocycles. The number of methoxy groups -OCH3 is 1. The van der Waals surface area contributed by atoms with E-state index in [1.807, 2.05) is 0 Å². The Kier molecular flexibility index (Phi) is 4.32. The van der Waals surface area contributed by atoms with Crippen LogP contribution in [0.3, 0.4) is 0 Å². The van der Waals surface area contributed by atoms with E-state index in [0.717, 1.165) is 32.6 Å². The molecule has 0 spiro atoms. The third kappa shape index (κ3) is 3.14. The molecule has 0 radical (unpaired) electrons. The van der Waals surface area contributed by atoms with Gasteiger partial charge in [-0.1, -0.05) is 0 Å². The van der Waals surface area contributed by atoms with Crippen LogP contribution in [0.25, 0.3) is 0 Å². The molecule has 1 atom stereocenters. The molecule has 2 aliphatic heterocycles. The van der Waals surface area contributed by atoms with Crippen LogP contribution in [0.1, 0.15) is 6.42 Å². The van der Waals surface area contributed by atoms with Crippen LogP contribution in [-0.2, 0) is 9.47 Å². The van der Waals surface area contributed by atoms with Gasteiger partial charge in [0.25, 0.3) is 0 Å². The fourth-order valence-corrected chi connectivity index (χ4v) is 2.57. The summed E-state index contributed by atoms with van der Waals surface area (Å²) in [5.41, 5.74) is 2.52. The molecule has 0 aliphatic carbocycles. The average molecular weight is 295 g/mol. The number of hydrazine groups is 1. The number of hydrogen-bond donors (Lipinski definition) is 2. The summed E-state index contributed by atoms with van der Waals surface area (Å²) in [5.74, 6) is 7.13.